The maximum absolute atomic E-state index is 12.6. The van der Waals surface area contributed by atoms with E-state index in [1.807, 2.05) is 45.9 Å². The molecule has 160 valence electrons. The van der Waals surface area contributed by atoms with E-state index in [2.05, 4.69) is 5.32 Å². The zero-order valence-electron chi connectivity index (χ0n) is 18.1. The molecule has 0 bridgehead atoms. The highest BCUT2D eigenvalue weighted by molar-refractivity contribution is 6.07. The van der Waals surface area contributed by atoms with Gasteiger partial charge in [-0.2, -0.15) is 0 Å². The van der Waals surface area contributed by atoms with Gasteiger partial charge in [0.2, 0.25) is 5.91 Å². The van der Waals surface area contributed by atoms with E-state index in [1.54, 1.807) is 12.1 Å². The lowest BCUT2D eigenvalue weighted by atomic mass is 9.98. The summed E-state index contributed by atoms with van der Waals surface area (Å²) in [5.41, 5.74) is 4.76. The van der Waals surface area contributed by atoms with Crippen molar-refractivity contribution in [2.45, 2.75) is 40.5 Å². The van der Waals surface area contributed by atoms with Gasteiger partial charge in [0.15, 0.2) is 0 Å². The second kappa shape index (κ2) is 7.95. The lowest BCUT2D eigenvalue weighted by Crippen LogP contribution is -2.29. The first-order valence-corrected chi connectivity index (χ1v) is 10.3. The minimum absolute atomic E-state index is 0.0618. The summed E-state index contributed by atoms with van der Waals surface area (Å²) in [7, 11) is 0. The van der Waals surface area contributed by atoms with Gasteiger partial charge >= 0.3 is 5.63 Å². The number of hydrogen-bond donors (Lipinski definition) is 2. The zero-order valence-corrected chi connectivity index (χ0v) is 18.1. The molecule has 6 heteroatoms. The Morgan fingerprint density at radius 2 is 1.71 bits per heavy atom. The quantitative estimate of drug-likeness (QED) is 0.468. The van der Waals surface area contributed by atoms with E-state index in [4.69, 9.17) is 8.83 Å². The van der Waals surface area contributed by atoms with Crippen LogP contribution in [-0.2, 0) is 17.6 Å². The fraction of sp³-hybridized carbons (Fsp3) is 0.280. The van der Waals surface area contributed by atoms with E-state index in [0.29, 0.717) is 35.3 Å². The van der Waals surface area contributed by atoms with Crippen molar-refractivity contribution in [1.82, 2.24) is 5.32 Å². The number of carbonyl (C=O) groups is 1. The van der Waals surface area contributed by atoms with Crippen molar-refractivity contribution >= 4 is 27.8 Å². The van der Waals surface area contributed by atoms with E-state index < -0.39 is 5.63 Å². The van der Waals surface area contributed by atoms with Crippen molar-refractivity contribution < 1.29 is 18.7 Å². The molecule has 1 amide bonds. The number of amides is 1. The maximum Gasteiger partial charge on any atom is 0.340 e. The third-order valence-electron chi connectivity index (χ3n) is 5.89. The first-order valence-electron chi connectivity index (χ1n) is 10.3. The molecule has 4 rings (SSSR count). The van der Waals surface area contributed by atoms with Gasteiger partial charge in [-0.3, -0.25) is 4.79 Å². The largest absolute Gasteiger partial charge is 0.508 e. The molecule has 2 aromatic carbocycles. The van der Waals surface area contributed by atoms with Crippen LogP contribution >= 0.6 is 0 Å². The number of hydrogen-bond acceptors (Lipinski definition) is 5. The van der Waals surface area contributed by atoms with E-state index in [0.717, 1.165) is 33.2 Å². The maximum atomic E-state index is 12.6. The number of aromatic hydroxyl groups is 1. The molecule has 2 aromatic heterocycles. The molecule has 0 aliphatic heterocycles. The van der Waals surface area contributed by atoms with Crippen molar-refractivity contribution in [1.29, 1.82) is 0 Å². The van der Waals surface area contributed by atoms with Gasteiger partial charge in [0.25, 0.3) is 0 Å². The first-order chi connectivity index (χ1) is 14.8. The monoisotopic (exact) mass is 419 g/mol. The molecule has 31 heavy (non-hydrogen) atoms. The molecular formula is C25H25NO5. The molecule has 6 nitrogen and oxygen atoms in total. The van der Waals surface area contributed by atoms with Gasteiger partial charge in [-0.05, 0) is 74.6 Å². The Balaban J connectivity index is 1.61. The Morgan fingerprint density at radius 3 is 2.42 bits per heavy atom. The van der Waals surface area contributed by atoms with Crippen LogP contribution in [0, 0.1) is 27.7 Å². The third-order valence-corrected chi connectivity index (χ3v) is 5.89. The number of phenols is 1. The van der Waals surface area contributed by atoms with E-state index in [9.17, 15) is 14.7 Å². The van der Waals surface area contributed by atoms with Crippen LogP contribution in [0.3, 0.4) is 0 Å². The molecule has 0 unspecified atom stereocenters. The third kappa shape index (κ3) is 3.81. The minimum atomic E-state index is -0.502. The lowest BCUT2D eigenvalue weighted by molar-refractivity contribution is -0.120. The number of nitrogens with one attached hydrogen (secondary N) is 1. The highest BCUT2D eigenvalue weighted by atomic mass is 16.4. The van der Waals surface area contributed by atoms with Crippen molar-refractivity contribution in [3.8, 4) is 5.75 Å². The summed E-state index contributed by atoms with van der Waals surface area (Å²) in [5.74, 6) is 0.783. The van der Waals surface area contributed by atoms with Crippen LogP contribution in [0.15, 0.2) is 44.0 Å². The molecule has 0 atom stereocenters. The van der Waals surface area contributed by atoms with Crippen molar-refractivity contribution in [3.63, 3.8) is 0 Å². The Hall–Kier alpha value is -3.54. The van der Waals surface area contributed by atoms with Crippen LogP contribution in [-0.4, -0.2) is 17.6 Å². The number of furan rings is 1. The van der Waals surface area contributed by atoms with Crippen LogP contribution in [0.2, 0.25) is 0 Å². The molecule has 0 aliphatic carbocycles. The number of rotatable bonds is 5. The summed E-state index contributed by atoms with van der Waals surface area (Å²) in [6, 6.07) is 8.70. The van der Waals surface area contributed by atoms with Crippen molar-refractivity contribution in [3.05, 3.63) is 74.3 Å². The summed E-state index contributed by atoms with van der Waals surface area (Å²) in [4.78, 5) is 25.2. The smallest absolute Gasteiger partial charge is 0.340 e. The highest BCUT2D eigenvalue weighted by Gasteiger charge is 2.21. The fourth-order valence-electron chi connectivity index (χ4n) is 4.07. The standard InChI is InChI=1S/C25H25NO5/c1-13-11-20-23(24-22(13)14(2)16(4)30-24)15(3)19(25(29)31-20)12-21(28)26-10-9-17-5-7-18(27)8-6-17/h5-8,11,27H,9-10,12H2,1-4H3,(H,26,28). The van der Waals surface area contributed by atoms with Crippen LogP contribution in [0.4, 0.5) is 0 Å². The predicted molar refractivity (Wildman–Crippen MR) is 120 cm³/mol. The molecule has 2 heterocycles. The number of fused-ring (bicyclic) bond motifs is 3. The summed E-state index contributed by atoms with van der Waals surface area (Å²) < 4.78 is 11.6. The topological polar surface area (TPSA) is 92.7 Å². The van der Waals surface area contributed by atoms with Gasteiger partial charge in [-0.15, -0.1) is 0 Å². The molecule has 0 fully saturated rings. The second-order valence-electron chi connectivity index (χ2n) is 7.99. The number of phenolic OH excluding ortho intramolecular Hbond substituents is 1. The van der Waals surface area contributed by atoms with Gasteiger partial charge in [0, 0.05) is 11.9 Å². The Morgan fingerprint density at radius 1 is 1.00 bits per heavy atom. The summed E-state index contributed by atoms with van der Waals surface area (Å²) >= 11 is 0. The van der Waals surface area contributed by atoms with E-state index in [-0.39, 0.29) is 18.1 Å². The van der Waals surface area contributed by atoms with Crippen LogP contribution < -0.4 is 10.9 Å². The fourth-order valence-corrected chi connectivity index (χ4v) is 4.07. The Kier molecular flexibility index (Phi) is 5.31. The molecular weight excluding hydrogens is 394 g/mol. The van der Waals surface area contributed by atoms with Crippen molar-refractivity contribution in [2.24, 2.45) is 0 Å². The Bertz CT molecular complexity index is 1360. The zero-order chi connectivity index (χ0) is 22.3. The Labute approximate surface area is 179 Å². The van der Waals surface area contributed by atoms with Gasteiger partial charge in [0.05, 0.1) is 17.4 Å². The van der Waals surface area contributed by atoms with Crippen LogP contribution in [0.1, 0.15) is 33.6 Å². The molecule has 0 radical (unpaired) electrons. The molecule has 0 aliphatic rings. The summed E-state index contributed by atoms with van der Waals surface area (Å²) in [6.45, 7) is 8.16. The lowest BCUT2D eigenvalue weighted by Gasteiger charge is -2.10. The first kappa shape index (κ1) is 20.7. The van der Waals surface area contributed by atoms with Gasteiger partial charge < -0.3 is 19.3 Å². The second-order valence-corrected chi connectivity index (χ2v) is 7.99. The van der Waals surface area contributed by atoms with Crippen LogP contribution in [0.25, 0.3) is 21.9 Å². The minimum Gasteiger partial charge on any atom is -0.508 e. The molecule has 4 aromatic rings. The highest BCUT2D eigenvalue weighted by Crippen LogP contribution is 2.36. The van der Waals surface area contributed by atoms with Gasteiger partial charge in [-0.25, -0.2) is 4.79 Å². The SMILES string of the molecule is Cc1oc2c(c(C)cc3oc(=O)c(CC(=O)NCCc4ccc(O)cc4)c(C)c32)c1C. The number of benzene rings is 2. The summed E-state index contributed by atoms with van der Waals surface area (Å²) in [5, 5.41) is 14.0. The average molecular weight is 419 g/mol. The summed E-state index contributed by atoms with van der Waals surface area (Å²) in [6.07, 6.45) is 0.565. The van der Waals surface area contributed by atoms with Crippen molar-refractivity contribution in [2.75, 3.05) is 6.54 Å². The number of aryl methyl sites for hydroxylation is 4. The average Bonchev–Trinajstić information content (AvgIpc) is 3.01. The van der Waals surface area contributed by atoms with E-state index >= 15 is 0 Å². The van der Waals surface area contributed by atoms with Gasteiger partial charge in [0.1, 0.15) is 22.7 Å². The molecule has 0 saturated carbocycles. The molecule has 0 saturated heterocycles. The normalized spacial score (nSPS) is 11.4. The number of carbonyl (C=O) groups excluding carboxylic acids is 1. The van der Waals surface area contributed by atoms with Gasteiger partial charge in [-0.1, -0.05) is 12.1 Å². The van der Waals surface area contributed by atoms with Crippen LogP contribution in [0.5, 0.6) is 5.75 Å². The van der Waals surface area contributed by atoms with E-state index in [1.165, 1.54) is 0 Å². The molecule has 0 spiro atoms. The predicted octanol–water partition coefficient (Wildman–Crippen LogP) is 4.38. The molecule has 2 N–H and O–H groups in total.